The molecule has 0 spiro atoms. The van der Waals surface area contributed by atoms with E-state index in [1.165, 1.54) is 11.1 Å². The SMILES string of the molecule is CNCC(Cc1cccc(C)c1)Cc1c(Cl)c(C)nn1C. The highest BCUT2D eigenvalue weighted by Crippen LogP contribution is 2.24. The molecule has 0 aliphatic heterocycles. The molecule has 1 atom stereocenters. The van der Waals surface area contributed by atoms with Gasteiger partial charge in [-0.05, 0) is 51.8 Å². The molecule has 0 amide bonds. The van der Waals surface area contributed by atoms with Crippen LogP contribution >= 0.6 is 11.6 Å². The lowest BCUT2D eigenvalue weighted by atomic mass is 9.93. The molecule has 4 heteroatoms. The van der Waals surface area contributed by atoms with Crippen LogP contribution in [0, 0.1) is 19.8 Å². The number of nitrogens with one attached hydrogen (secondary N) is 1. The Labute approximate surface area is 132 Å². The van der Waals surface area contributed by atoms with Crippen LogP contribution in [-0.2, 0) is 19.9 Å². The molecule has 114 valence electrons. The van der Waals surface area contributed by atoms with E-state index in [9.17, 15) is 0 Å². The van der Waals surface area contributed by atoms with Crippen LogP contribution in [0.25, 0.3) is 0 Å². The van der Waals surface area contributed by atoms with Crippen molar-refractivity contribution in [2.45, 2.75) is 26.7 Å². The summed E-state index contributed by atoms with van der Waals surface area (Å²) in [6.45, 7) is 5.06. The summed E-state index contributed by atoms with van der Waals surface area (Å²) in [5.41, 5.74) is 4.73. The summed E-state index contributed by atoms with van der Waals surface area (Å²) in [6.07, 6.45) is 1.98. The highest BCUT2D eigenvalue weighted by atomic mass is 35.5. The molecule has 3 nitrogen and oxygen atoms in total. The minimum Gasteiger partial charge on any atom is -0.319 e. The standard InChI is InChI=1S/C17H24ClN3/c1-12-6-5-7-14(8-12)9-15(11-19-3)10-16-17(18)13(2)20-21(16)4/h5-8,15,19H,9-11H2,1-4H3. The van der Waals surface area contributed by atoms with Gasteiger partial charge in [0.2, 0.25) is 0 Å². The number of halogens is 1. The minimum absolute atomic E-state index is 0.504. The minimum atomic E-state index is 0.504. The van der Waals surface area contributed by atoms with Crippen molar-refractivity contribution in [3.8, 4) is 0 Å². The van der Waals surface area contributed by atoms with Crippen LogP contribution < -0.4 is 5.32 Å². The van der Waals surface area contributed by atoms with E-state index in [0.717, 1.165) is 35.8 Å². The van der Waals surface area contributed by atoms with Crippen LogP contribution in [0.4, 0.5) is 0 Å². The summed E-state index contributed by atoms with van der Waals surface area (Å²) in [5, 5.41) is 8.51. The quantitative estimate of drug-likeness (QED) is 0.887. The average Bonchev–Trinajstić information content (AvgIpc) is 2.66. The second-order valence-corrected chi connectivity index (χ2v) is 6.17. The zero-order valence-electron chi connectivity index (χ0n) is 13.3. The van der Waals surface area contributed by atoms with E-state index in [-0.39, 0.29) is 0 Å². The van der Waals surface area contributed by atoms with E-state index >= 15 is 0 Å². The van der Waals surface area contributed by atoms with E-state index in [2.05, 4.69) is 41.6 Å². The molecular formula is C17H24ClN3. The molecule has 1 heterocycles. The normalized spacial score (nSPS) is 12.6. The molecule has 2 aromatic rings. The number of hydrogen-bond acceptors (Lipinski definition) is 2. The number of rotatable bonds is 6. The maximum Gasteiger partial charge on any atom is 0.0847 e. The van der Waals surface area contributed by atoms with E-state index in [0.29, 0.717) is 5.92 Å². The first-order chi connectivity index (χ1) is 10.0. The molecule has 2 rings (SSSR count). The van der Waals surface area contributed by atoms with Crippen LogP contribution in [0.3, 0.4) is 0 Å². The summed E-state index contributed by atoms with van der Waals surface area (Å²) in [5.74, 6) is 0.504. The van der Waals surface area contributed by atoms with E-state index < -0.39 is 0 Å². The third-order valence-corrected chi connectivity index (χ3v) is 4.33. The van der Waals surface area contributed by atoms with Crippen molar-refractivity contribution in [3.05, 3.63) is 51.8 Å². The second-order valence-electron chi connectivity index (χ2n) is 5.79. The molecule has 0 bridgehead atoms. The monoisotopic (exact) mass is 305 g/mol. The lowest BCUT2D eigenvalue weighted by Gasteiger charge is -2.17. The van der Waals surface area contributed by atoms with Crippen molar-refractivity contribution in [1.29, 1.82) is 0 Å². The molecule has 1 aromatic carbocycles. The fourth-order valence-corrected chi connectivity index (χ4v) is 3.09. The molecule has 1 unspecified atom stereocenters. The number of aryl methyl sites for hydroxylation is 3. The smallest absolute Gasteiger partial charge is 0.0847 e. The van der Waals surface area contributed by atoms with Gasteiger partial charge in [-0.2, -0.15) is 5.10 Å². The molecule has 0 aliphatic carbocycles. The van der Waals surface area contributed by atoms with Crippen LogP contribution in [-0.4, -0.2) is 23.4 Å². The molecule has 0 radical (unpaired) electrons. The van der Waals surface area contributed by atoms with Crippen LogP contribution in [0.15, 0.2) is 24.3 Å². The van der Waals surface area contributed by atoms with Crippen molar-refractivity contribution < 1.29 is 0 Å². The predicted molar refractivity (Wildman–Crippen MR) is 89.0 cm³/mol. The zero-order chi connectivity index (χ0) is 15.4. The summed E-state index contributed by atoms with van der Waals surface area (Å²) in [6, 6.07) is 8.73. The largest absolute Gasteiger partial charge is 0.319 e. The van der Waals surface area contributed by atoms with E-state index in [4.69, 9.17) is 11.6 Å². The number of aromatic nitrogens is 2. The Morgan fingerprint density at radius 2 is 2.05 bits per heavy atom. The summed E-state index contributed by atoms with van der Waals surface area (Å²) in [4.78, 5) is 0. The molecule has 1 N–H and O–H groups in total. The Morgan fingerprint density at radius 1 is 1.29 bits per heavy atom. The molecule has 0 aliphatic rings. The van der Waals surface area contributed by atoms with Gasteiger partial charge in [-0.3, -0.25) is 4.68 Å². The van der Waals surface area contributed by atoms with Gasteiger partial charge in [0.05, 0.1) is 16.4 Å². The first-order valence-electron chi connectivity index (χ1n) is 7.39. The van der Waals surface area contributed by atoms with Gasteiger partial charge in [0.15, 0.2) is 0 Å². The zero-order valence-corrected chi connectivity index (χ0v) is 14.0. The van der Waals surface area contributed by atoms with Gasteiger partial charge in [0, 0.05) is 7.05 Å². The molecule has 0 saturated carbocycles. The van der Waals surface area contributed by atoms with Crippen molar-refractivity contribution in [3.63, 3.8) is 0 Å². The fourth-order valence-electron chi connectivity index (χ4n) is 2.85. The Hall–Kier alpha value is -1.32. The van der Waals surface area contributed by atoms with E-state index in [1.807, 2.05) is 25.7 Å². The fraction of sp³-hybridized carbons (Fsp3) is 0.471. The Kier molecular flexibility index (Phi) is 5.43. The second kappa shape index (κ2) is 7.10. The van der Waals surface area contributed by atoms with Crippen molar-refractivity contribution >= 4 is 11.6 Å². The predicted octanol–water partition coefficient (Wildman–Crippen LogP) is 3.31. The number of nitrogens with zero attached hydrogens (tertiary/aromatic N) is 2. The summed E-state index contributed by atoms with van der Waals surface area (Å²) >= 11 is 6.38. The van der Waals surface area contributed by atoms with Gasteiger partial charge >= 0.3 is 0 Å². The van der Waals surface area contributed by atoms with Crippen LogP contribution in [0.1, 0.15) is 22.5 Å². The highest BCUT2D eigenvalue weighted by Gasteiger charge is 2.17. The number of benzene rings is 1. The molecular weight excluding hydrogens is 282 g/mol. The molecule has 0 saturated heterocycles. The maximum absolute atomic E-state index is 6.38. The third-order valence-electron chi connectivity index (χ3n) is 3.84. The van der Waals surface area contributed by atoms with Gasteiger partial charge in [-0.25, -0.2) is 0 Å². The summed E-state index contributed by atoms with van der Waals surface area (Å²) in [7, 11) is 3.97. The Bertz CT molecular complexity index is 604. The third kappa shape index (κ3) is 4.08. The Morgan fingerprint density at radius 3 is 2.62 bits per heavy atom. The van der Waals surface area contributed by atoms with Crippen LogP contribution in [0.5, 0.6) is 0 Å². The van der Waals surface area contributed by atoms with Crippen molar-refractivity contribution in [2.24, 2.45) is 13.0 Å². The Balaban J connectivity index is 2.15. The average molecular weight is 306 g/mol. The molecule has 21 heavy (non-hydrogen) atoms. The van der Waals surface area contributed by atoms with Gasteiger partial charge in [-0.15, -0.1) is 0 Å². The van der Waals surface area contributed by atoms with Gasteiger partial charge in [-0.1, -0.05) is 41.4 Å². The van der Waals surface area contributed by atoms with Crippen LogP contribution in [0.2, 0.25) is 5.02 Å². The summed E-state index contributed by atoms with van der Waals surface area (Å²) < 4.78 is 1.91. The highest BCUT2D eigenvalue weighted by molar-refractivity contribution is 6.31. The first kappa shape index (κ1) is 16.1. The maximum atomic E-state index is 6.38. The van der Waals surface area contributed by atoms with Gasteiger partial charge in [0.1, 0.15) is 0 Å². The van der Waals surface area contributed by atoms with Crippen molar-refractivity contribution in [1.82, 2.24) is 15.1 Å². The van der Waals surface area contributed by atoms with Gasteiger partial charge in [0.25, 0.3) is 0 Å². The molecule has 0 fully saturated rings. The van der Waals surface area contributed by atoms with Crippen molar-refractivity contribution in [2.75, 3.05) is 13.6 Å². The first-order valence-corrected chi connectivity index (χ1v) is 7.77. The van der Waals surface area contributed by atoms with Gasteiger partial charge < -0.3 is 5.32 Å². The topological polar surface area (TPSA) is 29.9 Å². The molecule has 1 aromatic heterocycles. The lowest BCUT2D eigenvalue weighted by Crippen LogP contribution is -2.23. The van der Waals surface area contributed by atoms with E-state index in [1.54, 1.807) is 0 Å². The lowest BCUT2D eigenvalue weighted by molar-refractivity contribution is 0.477. The number of hydrogen-bond donors (Lipinski definition) is 1.